The highest BCUT2D eigenvalue weighted by molar-refractivity contribution is 5.78. The second kappa shape index (κ2) is 7.03. The van der Waals surface area contributed by atoms with Gasteiger partial charge in [0.05, 0.1) is 5.69 Å². The highest BCUT2D eigenvalue weighted by atomic mass is 15.3. The molecule has 5 heteroatoms. The van der Waals surface area contributed by atoms with Gasteiger partial charge in [-0.25, -0.2) is 0 Å². The summed E-state index contributed by atoms with van der Waals surface area (Å²) in [5, 5.41) is 7.56. The Balaban J connectivity index is 2.30. The molecular weight excluding hydrogens is 226 g/mol. The van der Waals surface area contributed by atoms with Gasteiger partial charge in [0.1, 0.15) is 0 Å². The van der Waals surface area contributed by atoms with E-state index in [2.05, 4.69) is 42.2 Å². The fraction of sp³-hybridized carbons (Fsp3) is 0.692. The van der Waals surface area contributed by atoms with Crippen LogP contribution in [0.5, 0.6) is 0 Å². The molecule has 0 bridgehead atoms. The summed E-state index contributed by atoms with van der Waals surface area (Å²) in [6.07, 6.45) is 1.99. The number of rotatable bonds is 6. The predicted octanol–water partition coefficient (Wildman–Crippen LogP) is 1.59. The maximum atomic E-state index is 5.78. The van der Waals surface area contributed by atoms with E-state index in [0.29, 0.717) is 12.0 Å². The van der Waals surface area contributed by atoms with Gasteiger partial charge in [-0.2, -0.15) is 5.10 Å². The van der Waals surface area contributed by atoms with Gasteiger partial charge in [-0.15, -0.1) is 0 Å². The number of guanidine groups is 1. The van der Waals surface area contributed by atoms with Crippen LogP contribution >= 0.6 is 0 Å². The van der Waals surface area contributed by atoms with E-state index in [1.54, 1.807) is 0 Å². The van der Waals surface area contributed by atoms with Crippen LogP contribution in [0.15, 0.2) is 11.1 Å². The third-order valence-electron chi connectivity index (χ3n) is 2.92. The number of hydrogen-bond donors (Lipinski definition) is 2. The Hall–Kier alpha value is -1.52. The lowest BCUT2D eigenvalue weighted by Crippen LogP contribution is -2.38. The Morgan fingerprint density at radius 2 is 2.28 bits per heavy atom. The summed E-state index contributed by atoms with van der Waals surface area (Å²) in [5.74, 6) is 0.540. The molecule has 1 unspecified atom stereocenters. The lowest BCUT2D eigenvalue weighted by atomic mass is 10.3. The van der Waals surface area contributed by atoms with Crippen molar-refractivity contribution in [2.45, 2.75) is 53.1 Å². The molecule has 0 aliphatic rings. The number of hydrogen-bond acceptors (Lipinski definition) is 2. The molecule has 0 radical (unpaired) electrons. The molecule has 0 amide bonds. The molecule has 1 heterocycles. The molecule has 1 rings (SSSR count). The van der Waals surface area contributed by atoms with Crippen LogP contribution in [0.2, 0.25) is 0 Å². The summed E-state index contributed by atoms with van der Waals surface area (Å²) in [7, 11) is 0. The van der Waals surface area contributed by atoms with Crippen LogP contribution in [0.25, 0.3) is 0 Å². The van der Waals surface area contributed by atoms with Crippen molar-refractivity contribution in [3.8, 4) is 0 Å². The topological polar surface area (TPSA) is 68.2 Å². The van der Waals surface area contributed by atoms with Crippen molar-refractivity contribution in [3.05, 3.63) is 17.5 Å². The molecule has 0 fully saturated rings. The van der Waals surface area contributed by atoms with E-state index in [9.17, 15) is 0 Å². The van der Waals surface area contributed by atoms with Gasteiger partial charge in [0, 0.05) is 24.8 Å². The third kappa shape index (κ3) is 4.77. The second-order valence-corrected chi connectivity index (χ2v) is 4.72. The number of nitrogens with one attached hydrogen (secondary N) is 1. The van der Waals surface area contributed by atoms with Gasteiger partial charge in [0.2, 0.25) is 0 Å². The number of nitrogens with zero attached hydrogens (tertiary/aromatic N) is 3. The van der Waals surface area contributed by atoms with Crippen molar-refractivity contribution in [2.24, 2.45) is 10.7 Å². The molecule has 1 aromatic rings. The summed E-state index contributed by atoms with van der Waals surface area (Å²) in [4.78, 5) is 4.31. The zero-order chi connectivity index (χ0) is 13.5. The van der Waals surface area contributed by atoms with E-state index in [-0.39, 0.29) is 0 Å². The van der Waals surface area contributed by atoms with E-state index in [4.69, 9.17) is 5.73 Å². The monoisotopic (exact) mass is 251 g/mol. The standard InChI is InChI=1S/C13H25N5/c1-5-10(2)16-13(14)15-7-6-8-18-12(4)9-11(3)17-18/h9-10H,5-8H2,1-4H3,(H3,14,15,16). The van der Waals surface area contributed by atoms with E-state index >= 15 is 0 Å². The lowest BCUT2D eigenvalue weighted by molar-refractivity contribution is 0.566. The van der Waals surface area contributed by atoms with Crippen molar-refractivity contribution < 1.29 is 0 Å². The molecule has 0 aliphatic carbocycles. The van der Waals surface area contributed by atoms with Gasteiger partial charge in [-0.3, -0.25) is 9.67 Å². The molecule has 0 aromatic carbocycles. The molecule has 18 heavy (non-hydrogen) atoms. The molecule has 1 aromatic heterocycles. The normalized spacial score (nSPS) is 13.7. The number of aryl methyl sites for hydroxylation is 3. The van der Waals surface area contributed by atoms with Crippen molar-refractivity contribution in [3.63, 3.8) is 0 Å². The second-order valence-electron chi connectivity index (χ2n) is 4.72. The first-order valence-corrected chi connectivity index (χ1v) is 6.60. The van der Waals surface area contributed by atoms with Crippen molar-refractivity contribution in [1.82, 2.24) is 15.1 Å². The number of aliphatic imine (C=N–C) groups is 1. The third-order valence-corrected chi connectivity index (χ3v) is 2.92. The average Bonchev–Trinajstić information content (AvgIpc) is 2.63. The Morgan fingerprint density at radius 1 is 1.56 bits per heavy atom. The SMILES string of the molecule is CCC(C)NC(N)=NCCCn1nc(C)cc1C. The fourth-order valence-electron chi connectivity index (χ4n) is 1.72. The molecule has 0 spiro atoms. The highest BCUT2D eigenvalue weighted by Crippen LogP contribution is 2.02. The van der Waals surface area contributed by atoms with Gasteiger partial charge in [-0.1, -0.05) is 6.92 Å². The zero-order valence-corrected chi connectivity index (χ0v) is 11.9. The molecule has 3 N–H and O–H groups in total. The van der Waals surface area contributed by atoms with E-state index in [1.807, 2.05) is 11.6 Å². The molecule has 5 nitrogen and oxygen atoms in total. The van der Waals surface area contributed by atoms with Crippen molar-refractivity contribution >= 4 is 5.96 Å². The van der Waals surface area contributed by atoms with Gasteiger partial charge in [-0.05, 0) is 39.7 Å². The van der Waals surface area contributed by atoms with Gasteiger partial charge < -0.3 is 11.1 Å². The smallest absolute Gasteiger partial charge is 0.188 e. The summed E-state index contributed by atoms with van der Waals surface area (Å²) in [5.41, 5.74) is 8.04. The summed E-state index contributed by atoms with van der Waals surface area (Å²) in [6.45, 7) is 9.91. The maximum Gasteiger partial charge on any atom is 0.188 e. The summed E-state index contributed by atoms with van der Waals surface area (Å²) >= 11 is 0. The van der Waals surface area contributed by atoms with Crippen LogP contribution in [0.3, 0.4) is 0 Å². The van der Waals surface area contributed by atoms with Gasteiger partial charge in [0.25, 0.3) is 0 Å². The largest absolute Gasteiger partial charge is 0.370 e. The molecular formula is C13H25N5. The Kier molecular flexibility index (Phi) is 5.68. The lowest BCUT2D eigenvalue weighted by Gasteiger charge is -2.11. The van der Waals surface area contributed by atoms with E-state index in [0.717, 1.165) is 31.6 Å². The van der Waals surface area contributed by atoms with Crippen LogP contribution < -0.4 is 11.1 Å². The van der Waals surface area contributed by atoms with Crippen molar-refractivity contribution in [2.75, 3.05) is 6.54 Å². The Bertz CT molecular complexity index is 394. The number of nitrogens with two attached hydrogens (primary N) is 1. The number of aromatic nitrogens is 2. The fourth-order valence-corrected chi connectivity index (χ4v) is 1.72. The highest BCUT2D eigenvalue weighted by Gasteiger charge is 2.01. The summed E-state index contributed by atoms with van der Waals surface area (Å²) in [6, 6.07) is 2.46. The minimum Gasteiger partial charge on any atom is -0.370 e. The minimum atomic E-state index is 0.379. The van der Waals surface area contributed by atoms with Crippen LogP contribution in [-0.2, 0) is 6.54 Å². The molecule has 0 saturated carbocycles. The minimum absolute atomic E-state index is 0.379. The van der Waals surface area contributed by atoms with Crippen LogP contribution in [0.1, 0.15) is 38.1 Å². The van der Waals surface area contributed by atoms with Crippen LogP contribution in [0, 0.1) is 13.8 Å². The van der Waals surface area contributed by atoms with Gasteiger partial charge >= 0.3 is 0 Å². The van der Waals surface area contributed by atoms with Gasteiger partial charge in [0.15, 0.2) is 5.96 Å². The van der Waals surface area contributed by atoms with Crippen LogP contribution in [-0.4, -0.2) is 28.3 Å². The Morgan fingerprint density at radius 3 is 2.83 bits per heavy atom. The van der Waals surface area contributed by atoms with E-state index < -0.39 is 0 Å². The molecule has 102 valence electrons. The molecule has 0 aliphatic heterocycles. The molecule has 0 saturated heterocycles. The maximum absolute atomic E-state index is 5.78. The van der Waals surface area contributed by atoms with Crippen LogP contribution in [0.4, 0.5) is 0 Å². The first-order chi connectivity index (χ1) is 8.52. The predicted molar refractivity (Wildman–Crippen MR) is 75.7 cm³/mol. The first kappa shape index (κ1) is 14.5. The quantitative estimate of drug-likeness (QED) is 0.458. The molecule has 1 atom stereocenters. The van der Waals surface area contributed by atoms with Crippen molar-refractivity contribution in [1.29, 1.82) is 0 Å². The average molecular weight is 251 g/mol. The summed E-state index contributed by atoms with van der Waals surface area (Å²) < 4.78 is 2.02. The van der Waals surface area contributed by atoms with E-state index in [1.165, 1.54) is 5.69 Å². The first-order valence-electron chi connectivity index (χ1n) is 6.60. The zero-order valence-electron chi connectivity index (χ0n) is 11.9. The Labute approximate surface area is 109 Å².